The Bertz CT molecular complexity index is 409. The van der Waals surface area contributed by atoms with Crippen LogP contribution in [0.25, 0.3) is 0 Å². The number of alkyl halides is 1. The Morgan fingerprint density at radius 2 is 2.12 bits per heavy atom. The van der Waals surface area contributed by atoms with Crippen LogP contribution in [0, 0.1) is 16.0 Å². The van der Waals surface area contributed by atoms with Crippen molar-refractivity contribution in [3.05, 3.63) is 38.9 Å². The molecule has 0 heterocycles. The van der Waals surface area contributed by atoms with Crippen molar-refractivity contribution in [1.29, 1.82) is 0 Å². The lowest BCUT2D eigenvalue weighted by molar-refractivity contribution is -0.385. The van der Waals surface area contributed by atoms with Gasteiger partial charge < -0.3 is 0 Å². The molecule has 0 spiro atoms. The summed E-state index contributed by atoms with van der Waals surface area (Å²) in [5, 5.41) is 11.3. The Labute approximate surface area is 114 Å². The number of halogens is 2. The number of hydrogen-bond donors (Lipinski definition) is 0. The Kier molecular flexibility index (Phi) is 5.40. The molecule has 0 fully saturated rings. The maximum Gasteiger partial charge on any atom is 0.274 e. The van der Waals surface area contributed by atoms with Crippen molar-refractivity contribution in [3.63, 3.8) is 0 Å². The first kappa shape index (κ1) is 14.5. The predicted molar refractivity (Wildman–Crippen MR) is 74.0 cm³/mol. The van der Waals surface area contributed by atoms with Gasteiger partial charge in [0.2, 0.25) is 0 Å². The molecular formula is C12H15BrClNO2. The SMILES string of the molecule is CC(C)C(Br)CCc1ccc(Cl)cc1[N+](=O)[O-]. The van der Waals surface area contributed by atoms with E-state index in [1.807, 2.05) is 0 Å². The number of nitro groups is 1. The highest BCUT2D eigenvalue weighted by Crippen LogP contribution is 2.26. The summed E-state index contributed by atoms with van der Waals surface area (Å²) < 4.78 is 0. The highest BCUT2D eigenvalue weighted by Gasteiger charge is 2.16. The highest BCUT2D eigenvalue weighted by molar-refractivity contribution is 9.09. The van der Waals surface area contributed by atoms with Crippen LogP contribution in [0.1, 0.15) is 25.8 Å². The third-order valence-corrected chi connectivity index (χ3v) is 4.41. The van der Waals surface area contributed by atoms with Crippen LogP contribution in [0.5, 0.6) is 0 Å². The fraction of sp³-hybridized carbons (Fsp3) is 0.500. The van der Waals surface area contributed by atoms with Crippen molar-refractivity contribution in [2.24, 2.45) is 5.92 Å². The van der Waals surface area contributed by atoms with Gasteiger partial charge in [-0.15, -0.1) is 0 Å². The lowest BCUT2D eigenvalue weighted by Crippen LogP contribution is -2.08. The van der Waals surface area contributed by atoms with E-state index in [9.17, 15) is 10.1 Å². The summed E-state index contributed by atoms with van der Waals surface area (Å²) in [7, 11) is 0. The number of benzene rings is 1. The third kappa shape index (κ3) is 4.28. The first-order valence-corrected chi connectivity index (χ1v) is 6.78. The van der Waals surface area contributed by atoms with E-state index in [4.69, 9.17) is 11.6 Å². The van der Waals surface area contributed by atoms with Crippen LogP contribution in [-0.4, -0.2) is 9.75 Å². The van der Waals surface area contributed by atoms with Crippen molar-refractivity contribution < 1.29 is 4.92 Å². The molecule has 94 valence electrons. The van der Waals surface area contributed by atoms with Crippen molar-refractivity contribution in [2.45, 2.75) is 31.5 Å². The van der Waals surface area contributed by atoms with Crippen LogP contribution in [0.3, 0.4) is 0 Å². The molecular weight excluding hydrogens is 305 g/mol. The van der Waals surface area contributed by atoms with Gasteiger partial charge in [0.05, 0.1) is 4.92 Å². The standard InChI is InChI=1S/C12H15BrClNO2/c1-8(2)11(13)6-4-9-3-5-10(14)7-12(9)15(16)17/h3,5,7-8,11H,4,6H2,1-2H3. The van der Waals surface area contributed by atoms with Gasteiger partial charge >= 0.3 is 0 Å². The average molecular weight is 321 g/mol. The van der Waals surface area contributed by atoms with Gasteiger partial charge in [0.1, 0.15) is 0 Å². The van der Waals surface area contributed by atoms with Crippen LogP contribution < -0.4 is 0 Å². The molecule has 3 nitrogen and oxygen atoms in total. The lowest BCUT2D eigenvalue weighted by atomic mass is 10.0. The second-order valence-corrected chi connectivity index (χ2v) is 5.94. The molecule has 0 amide bonds. The molecule has 1 atom stereocenters. The van der Waals surface area contributed by atoms with Crippen molar-refractivity contribution in [1.82, 2.24) is 0 Å². The van der Waals surface area contributed by atoms with E-state index in [0.29, 0.717) is 22.2 Å². The van der Waals surface area contributed by atoms with Crippen molar-refractivity contribution >= 4 is 33.2 Å². The molecule has 0 bridgehead atoms. The minimum Gasteiger partial charge on any atom is -0.258 e. The summed E-state index contributed by atoms with van der Waals surface area (Å²) in [5.41, 5.74) is 0.852. The van der Waals surface area contributed by atoms with Gasteiger partial charge in [-0.2, -0.15) is 0 Å². The molecule has 17 heavy (non-hydrogen) atoms. The molecule has 1 aromatic rings. The molecule has 0 aliphatic carbocycles. The monoisotopic (exact) mass is 319 g/mol. The molecule has 1 aromatic carbocycles. The molecule has 1 unspecified atom stereocenters. The van der Waals surface area contributed by atoms with E-state index in [1.54, 1.807) is 12.1 Å². The van der Waals surface area contributed by atoms with Crippen LogP contribution >= 0.6 is 27.5 Å². The number of nitro benzene ring substituents is 1. The number of aryl methyl sites for hydroxylation is 1. The topological polar surface area (TPSA) is 43.1 Å². The molecule has 5 heteroatoms. The number of rotatable bonds is 5. The van der Waals surface area contributed by atoms with Crippen LogP contribution in [-0.2, 0) is 6.42 Å². The quantitative estimate of drug-likeness (QED) is 0.452. The normalized spacial score (nSPS) is 12.8. The maximum atomic E-state index is 10.9. The minimum atomic E-state index is -0.375. The first-order chi connectivity index (χ1) is 7.91. The Balaban J connectivity index is 2.80. The lowest BCUT2D eigenvalue weighted by Gasteiger charge is -2.13. The minimum absolute atomic E-state index is 0.112. The summed E-state index contributed by atoms with van der Waals surface area (Å²) in [4.78, 5) is 10.9. The fourth-order valence-corrected chi connectivity index (χ4v) is 1.94. The smallest absolute Gasteiger partial charge is 0.258 e. The van der Waals surface area contributed by atoms with Gasteiger partial charge in [0.25, 0.3) is 5.69 Å². The van der Waals surface area contributed by atoms with Gasteiger partial charge in [0, 0.05) is 21.5 Å². The Morgan fingerprint density at radius 3 is 2.65 bits per heavy atom. The summed E-state index contributed by atoms with van der Waals surface area (Å²) in [6, 6.07) is 4.85. The van der Waals surface area contributed by atoms with Crippen LogP contribution in [0.2, 0.25) is 5.02 Å². The highest BCUT2D eigenvalue weighted by atomic mass is 79.9. The molecule has 0 aliphatic heterocycles. The second-order valence-electron chi connectivity index (χ2n) is 4.33. The van der Waals surface area contributed by atoms with Gasteiger partial charge in [-0.25, -0.2) is 0 Å². The van der Waals surface area contributed by atoms with E-state index < -0.39 is 0 Å². The summed E-state index contributed by atoms with van der Waals surface area (Å²) in [6.07, 6.45) is 1.56. The van der Waals surface area contributed by atoms with Gasteiger partial charge in [-0.3, -0.25) is 10.1 Å². The van der Waals surface area contributed by atoms with Gasteiger partial charge in [-0.05, 0) is 24.8 Å². The first-order valence-electron chi connectivity index (χ1n) is 5.48. The van der Waals surface area contributed by atoms with Gasteiger partial charge in [0.15, 0.2) is 0 Å². The van der Waals surface area contributed by atoms with E-state index in [2.05, 4.69) is 29.8 Å². The van der Waals surface area contributed by atoms with Crippen LogP contribution in [0.15, 0.2) is 18.2 Å². The Hall–Kier alpha value is -0.610. The van der Waals surface area contributed by atoms with E-state index in [1.165, 1.54) is 6.07 Å². The van der Waals surface area contributed by atoms with Gasteiger partial charge in [-0.1, -0.05) is 47.4 Å². The van der Waals surface area contributed by atoms with E-state index in [0.717, 1.165) is 12.0 Å². The van der Waals surface area contributed by atoms with Crippen molar-refractivity contribution in [2.75, 3.05) is 0 Å². The number of nitrogens with zero attached hydrogens (tertiary/aromatic N) is 1. The summed E-state index contributed by atoms with van der Waals surface area (Å²) in [5.74, 6) is 0.515. The summed E-state index contributed by atoms with van der Waals surface area (Å²) >= 11 is 9.34. The Morgan fingerprint density at radius 1 is 1.47 bits per heavy atom. The molecule has 0 aromatic heterocycles. The fourth-order valence-electron chi connectivity index (χ4n) is 1.55. The molecule has 0 N–H and O–H groups in total. The third-order valence-electron chi connectivity index (χ3n) is 2.66. The zero-order valence-corrected chi connectivity index (χ0v) is 12.2. The number of hydrogen-bond acceptors (Lipinski definition) is 2. The summed E-state index contributed by atoms with van der Waals surface area (Å²) in [6.45, 7) is 4.24. The molecule has 1 rings (SSSR count). The zero-order valence-electron chi connectivity index (χ0n) is 9.82. The van der Waals surface area contributed by atoms with E-state index >= 15 is 0 Å². The molecule has 0 saturated heterocycles. The average Bonchev–Trinajstić information content (AvgIpc) is 2.26. The predicted octanol–water partition coefficient (Wildman–Crippen LogP) is 4.60. The van der Waals surface area contributed by atoms with Crippen LogP contribution in [0.4, 0.5) is 5.69 Å². The largest absolute Gasteiger partial charge is 0.274 e. The van der Waals surface area contributed by atoms with E-state index in [-0.39, 0.29) is 10.6 Å². The molecule has 0 radical (unpaired) electrons. The zero-order chi connectivity index (χ0) is 13.0. The second kappa shape index (κ2) is 6.36. The maximum absolute atomic E-state index is 10.9. The molecule has 0 aliphatic rings. The van der Waals surface area contributed by atoms with Crippen molar-refractivity contribution in [3.8, 4) is 0 Å². The molecule has 0 saturated carbocycles.